The minimum absolute atomic E-state index is 0.0442. The van der Waals surface area contributed by atoms with Crippen molar-refractivity contribution in [2.24, 2.45) is 0 Å². The molecular formula is C19H30N4O2. The Balaban J connectivity index is 1.26. The van der Waals surface area contributed by atoms with Gasteiger partial charge in [-0.3, -0.25) is 14.6 Å². The normalized spacial score (nSPS) is 23.9. The van der Waals surface area contributed by atoms with Gasteiger partial charge in [-0.2, -0.15) is 5.10 Å². The quantitative estimate of drug-likeness (QED) is 0.848. The fourth-order valence-electron chi connectivity index (χ4n) is 4.61. The summed E-state index contributed by atoms with van der Waals surface area (Å²) in [6, 6.07) is 1.79. The van der Waals surface area contributed by atoms with Crippen LogP contribution in [0.5, 0.6) is 0 Å². The van der Waals surface area contributed by atoms with Gasteiger partial charge in [0.2, 0.25) is 0 Å². The van der Waals surface area contributed by atoms with Crippen LogP contribution in [0.4, 0.5) is 0 Å². The molecule has 25 heavy (non-hydrogen) atoms. The molecule has 0 radical (unpaired) electrons. The number of piperazine rings is 1. The van der Waals surface area contributed by atoms with Crippen LogP contribution in [0.1, 0.15) is 43.4 Å². The van der Waals surface area contributed by atoms with Crippen LogP contribution in [0, 0.1) is 0 Å². The summed E-state index contributed by atoms with van der Waals surface area (Å²) >= 11 is 0. The Labute approximate surface area is 149 Å². The third kappa shape index (κ3) is 3.96. The molecule has 0 amide bonds. The van der Waals surface area contributed by atoms with Crippen LogP contribution in [0.3, 0.4) is 0 Å². The highest BCUT2D eigenvalue weighted by Gasteiger charge is 2.33. The molecule has 3 aliphatic rings. The Kier molecular flexibility index (Phi) is 4.93. The molecule has 1 saturated carbocycles. The van der Waals surface area contributed by atoms with Crippen LogP contribution < -0.4 is 5.56 Å². The highest BCUT2D eigenvalue weighted by Crippen LogP contribution is 2.30. The van der Waals surface area contributed by atoms with Crippen molar-refractivity contribution < 1.29 is 5.11 Å². The lowest BCUT2D eigenvalue weighted by molar-refractivity contribution is -0.00487. The van der Waals surface area contributed by atoms with E-state index in [2.05, 4.69) is 14.9 Å². The van der Waals surface area contributed by atoms with Crippen LogP contribution >= 0.6 is 0 Å². The first-order chi connectivity index (χ1) is 12.1. The fraction of sp³-hybridized carbons (Fsp3) is 0.789. The van der Waals surface area contributed by atoms with Crippen molar-refractivity contribution in [3.05, 3.63) is 27.7 Å². The molecule has 0 bridgehead atoms. The summed E-state index contributed by atoms with van der Waals surface area (Å²) in [5.41, 5.74) is 1.88. The van der Waals surface area contributed by atoms with Crippen LogP contribution in [0.2, 0.25) is 0 Å². The summed E-state index contributed by atoms with van der Waals surface area (Å²) in [4.78, 5) is 17.0. The second kappa shape index (κ2) is 7.17. The average molecular weight is 346 g/mol. The first-order valence-electron chi connectivity index (χ1n) is 9.88. The van der Waals surface area contributed by atoms with E-state index in [9.17, 15) is 9.90 Å². The van der Waals surface area contributed by atoms with Gasteiger partial charge < -0.3 is 5.11 Å². The Bertz CT molecular complexity index is 658. The van der Waals surface area contributed by atoms with Gasteiger partial charge in [-0.1, -0.05) is 12.8 Å². The summed E-state index contributed by atoms with van der Waals surface area (Å²) in [6.07, 6.45) is 7.39. The van der Waals surface area contributed by atoms with E-state index >= 15 is 0 Å². The molecule has 4 rings (SSSR count). The van der Waals surface area contributed by atoms with Crippen LogP contribution in [-0.4, -0.2) is 69.6 Å². The number of aliphatic hydroxyl groups is 1. The first-order valence-corrected chi connectivity index (χ1v) is 9.88. The number of fused-ring (bicyclic) bond motifs is 1. The summed E-state index contributed by atoms with van der Waals surface area (Å²) < 4.78 is 1.65. The monoisotopic (exact) mass is 346 g/mol. The zero-order valence-corrected chi connectivity index (χ0v) is 15.1. The minimum atomic E-state index is -0.441. The Morgan fingerprint density at radius 2 is 1.72 bits per heavy atom. The molecule has 0 atom stereocenters. The highest BCUT2D eigenvalue weighted by atomic mass is 16.3. The standard InChI is InChI=1S/C19H30N4O2/c24-18-14-16-4-3-5-17(16)20-23(18)13-12-21-8-10-22(11-9-21)15-19(25)6-1-2-7-19/h14,25H,1-13,15H2. The molecule has 6 nitrogen and oxygen atoms in total. The number of hydrogen-bond donors (Lipinski definition) is 1. The maximum atomic E-state index is 12.2. The van der Waals surface area contributed by atoms with Gasteiger partial charge in [-0.05, 0) is 37.7 Å². The maximum absolute atomic E-state index is 12.2. The number of rotatable bonds is 5. The lowest BCUT2D eigenvalue weighted by Gasteiger charge is -2.38. The number of nitrogens with zero attached hydrogens (tertiary/aromatic N) is 4. The van der Waals surface area contributed by atoms with Gasteiger partial charge in [-0.25, -0.2) is 4.68 Å². The molecule has 1 aromatic rings. The van der Waals surface area contributed by atoms with Gasteiger partial charge in [0.05, 0.1) is 17.8 Å². The number of hydrogen-bond acceptors (Lipinski definition) is 5. The number of aromatic nitrogens is 2. The van der Waals surface area contributed by atoms with E-state index in [-0.39, 0.29) is 5.56 Å². The van der Waals surface area contributed by atoms with E-state index < -0.39 is 5.60 Å². The summed E-state index contributed by atoms with van der Waals surface area (Å²) in [5.74, 6) is 0. The molecule has 0 unspecified atom stereocenters. The minimum Gasteiger partial charge on any atom is -0.389 e. The molecule has 2 aliphatic carbocycles. The van der Waals surface area contributed by atoms with Crippen molar-refractivity contribution in [3.8, 4) is 0 Å². The average Bonchev–Trinajstić information content (AvgIpc) is 3.22. The molecule has 138 valence electrons. The predicted molar refractivity (Wildman–Crippen MR) is 96.8 cm³/mol. The molecule has 2 heterocycles. The van der Waals surface area contributed by atoms with E-state index in [0.29, 0.717) is 6.54 Å². The van der Waals surface area contributed by atoms with Gasteiger partial charge in [-0.15, -0.1) is 0 Å². The lowest BCUT2D eigenvalue weighted by Crippen LogP contribution is -2.51. The summed E-state index contributed by atoms with van der Waals surface area (Å²) in [7, 11) is 0. The first kappa shape index (κ1) is 17.2. The van der Waals surface area contributed by atoms with E-state index in [0.717, 1.165) is 82.6 Å². The predicted octanol–water partition coefficient (Wildman–Crippen LogP) is 0.655. The Morgan fingerprint density at radius 1 is 1.00 bits per heavy atom. The second-order valence-electron chi connectivity index (χ2n) is 8.08. The Hall–Kier alpha value is -1.24. The smallest absolute Gasteiger partial charge is 0.267 e. The van der Waals surface area contributed by atoms with E-state index in [1.54, 1.807) is 10.7 Å². The summed E-state index contributed by atoms with van der Waals surface area (Å²) in [6.45, 7) is 6.42. The van der Waals surface area contributed by atoms with E-state index in [1.807, 2.05) is 0 Å². The van der Waals surface area contributed by atoms with E-state index in [1.165, 1.54) is 12.8 Å². The molecule has 2 fully saturated rings. The van der Waals surface area contributed by atoms with Crippen molar-refractivity contribution in [2.45, 2.75) is 57.1 Å². The molecule has 1 aromatic heterocycles. The number of aryl methyl sites for hydroxylation is 2. The van der Waals surface area contributed by atoms with Crippen molar-refractivity contribution in [1.82, 2.24) is 19.6 Å². The lowest BCUT2D eigenvalue weighted by atomic mass is 10.0. The van der Waals surface area contributed by atoms with Crippen LogP contribution in [-0.2, 0) is 19.4 Å². The van der Waals surface area contributed by atoms with E-state index in [4.69, 9.17) is 0 Å². The fourth-order valence-corrected chi connectivity index (χ4v) is 4.61. The summed E-state index contributed by atoms with van der Waals surface area (Å²) in [5, 5.41) is 15.1. The third-order valence-corrected chi connectivity index (χ3v) is 6.17. The molecular weight excluding hydrogens is 316 g/mol. The van der Waals surface area contributed by atoms with Crippen molar-refractivity contribution in [1.29, 1.82) is 0 Å². The van der Waals surface area contributed by atoms with Gasteiger partial charge >= 0.3 is 0 Å². The molecule has 0 spiro atoms. The molecule has 6 heteroatoms. The van der Waals surface area contributed by atoms with Gasteiger partial charge in [0.25, 0.3) is 5.56 Å². The van der Waals surface area contributed by atoms with Crippen LogP contribution in [0.15, 0.2) is 10.9 Å². The molecule has 0 aromatic carbocycles. The van der Waals surface area contributed by atoms with Crippen molar-refractivity contribution in [2.75, 3.05) is 39.3 Å². The van der Waals surface area contributed by atoms with Crippen molar-refractivity contribution in [3.63, 3.8) is 0 Å². The SMILES string of the molecule is O=c1cc2c(nn1CCN1CCN(CC3(O)CCCC3)CC1)CCC2. The van der Waals surface area contributed by atoms with Crippen molar-refractivity contribution >= 4 is 0 Å². The van der Waals surface area contributed by atoms with Gasteiger partial charge in [0.1, 0.15) is 0 Å². The Morgan fingerprint density at radius 3 is 2.48 bits per heavy atom. The molecule has 1 saturated heterocycles. The van der Waals surface area contributed by atoms with Gasteiger partial charge in [0, 0.05) is 45.3 Å². The second-order valence-corrected chi connectivity index (χ2v) is 8.08. The molecule has 1 N–H and O–H groups in total. The number of β-amino-alcohol motifs (C(OH)–C–C–N with tert-alkyl or cyclic N) is 1. The maximum Gasteiger partial charge on any atom is 0.267 e. The zero-order valence-electron chi connectivity index (χ0n) is 15.1. The highest BCUT2D eigenvalue weighted by molar-refractivity contribution is 5.22. The molecule has 1 aliphatic heterocycles. The van der Waals surface area contributed by atoms with Crippen LogP contribution in [0.25, 0.3) is 0 Å². The van der Waals surface area contributed by atoms with Gasteiger partial charge in [0.15, 0.2) is 0 Å². The third-order valence-electron chi connectivity index (χ3n) is 6.17. The zero-order chi connectivity index (χ0) is 17.3. The largest absolute Gasteiger partial charge is 0.389 e. The topological polar surface area (TPSA) is 61.6 Å².